The fraction of sp³-hybridized carbons (Fsp3) is 0.286. The van der Waals surface area contributed by atoms with Crippen LogP contribution in [-0.2, 0) is 15.7 Å². The van der Waals surface area contributed by atoms with Gasteiger partial charge in [-0.1, -0.05) is 37.0 Å². The van der Waals surface area contributed by atoms with E-state index in [2.05, 4.69) is 17.2 Å². The summed E-state index contributed by atoms with van der Waals surface area (Å²) in [6, 6.07) is 3.29. The summed E-state index contributed by atoms with van der Waals surface area (Å²) in [6.07, 6.45) is 6.15. The highest BCUT2D eigenvalue weighted by atomic mass is 19.4. The second kappa shape index (κ2) is 7.67. The maximum Gasteiger partial charge on any atom is 0.416 e. The van der Waals surface area contributed by atoms with Crippen molar-refractivity contribution >= 4 is 11.6 Å². The smallest absolute Gasteiger partial charge is 0.376 e. The lowest BCUT2D eigenvalue weighted by atomic mass is 9.86. The Kier molecular flexibility index (Phi) is 5.47. The van der Waals surface area contributed by atoms with E-state index >= 15 is 0 Å². The molecule has 0 aromatic heterocycles. The van der Waals surface area contributed by atoms with Crippen LogP contribution in [0.15, 0.2) is 66.4 Å². The van der Waals surface area contributed by atoms with Crippen LogP contribution < -0.4 is 10.6 Å². The van der Waals surface area contributed by atoms with E-state index in [1.54, 1.807) is 0 Å². The van der Waals surface area contributed by atoms with Crippen LogP contribution in [0.5, 0.6) is 0 Å². The first-order chi connectivity index (χ1) is 13.2. The molecule has 7 heteroatoms. The number of carbonyl (C=O) groups is 1. The fourth-order valence-electron chi connectivity index (χ4n) is 3.04. The minimum Gasteiger partial charge on any atom is -0.376 e. The van der Waals surface area contributed by atoms with Gasteiger partial charge in [0.2, 0.25) is 0 Å². The minimum atomic E-state index is -4.41. The fourth-order valence-corrected chi connectivity index (χ4v) is 3.04. The van der Waals surface area contributed by atoms with Crippen molar-refractivity contribution in [2.24, 2.45) is 0 Å². The lowest BCUT2D eigenvalue weighted by molar-refractivity contribution is -0.137. The van der Waals surface area contributed by atoms with E-state index in [4.69, 9.17) is 4.74 Å². The van der Waals surface area contributed by atoms with Gasteiger partial charge in [-0.15, -0.1) is 0 Å². The molecule has 1 aliphatic heterocycles. The van der Waals surface area contributed by atoms with Crippen molar-refractivity contribution in [3.8, 4) is 0 Å². The number of hydrogen-bond acceptors (Lipinski definition) is 3. The van der Waals surface area contributed by atoms with Crippen LogP contribution in [0, 0.1) is 6.92 Å². The summed E-state index contributed by atoms with van der Waals surface area (Å²) in [5.74, 6) is -0.436. The number of amides is 1. The number of alkyl halides is 3. The van der Waals surface area contributed by atoms with Gasteiger partial charge >= 0.3 is 6.18 Å². The molecular weight excluding hydrogens is 369 g/mol. The van der Waals surface area contributed by atoms with Gasteiger partial charge in [-0.25, -0.2) is 0 Å². The Balaban J connectivity index is 1.69. The molecule has 4 nitrogen and oxygen atoms in total. The summed E-state index contributed by atoms with van der Waals surface area (Å²) < 4.78 is 43.7. The van der Waals surface area contributed by atoms with Gasteiger partial charge in [-0.2, -0.15) is 13.2 Å². The largest absolute Gasteiger partial charge is 0.416 e. The lowest BCUT2D eigenvalue weighted by Crippen LogP contribution is -2.63. The van der Waals surface area contributed by atoms with Gasteiger partial charge in [-0.05, 0) is 42.7 Å². The maximum atomic E-state index is 12.8. The lowest BCUT2D eigenvalue weighted by Gasteiger charge is -2.43. The second-order valence-electron chi connectivity index (χ2n) is 6.84. The number of rotatable bonds is 5. The molecule has 1 aromatic rings. The Hall–Kier alpha value is -2.80. The molecule has 148 valence electrons. The number of anilines is 1. The number of hydrogen-bond donors (Lipinski definition) is 2. The van der Waals surface area contributed by atoms with E-state index in [0.29, 0.717) is 24.5 Å². The van der Waals surface area contributed by atoms with E-state index < -0.39 is 23.2 Å². The van der Waals surface area contributed by atoms with E-state index in [1.807, 2.05) is 30.4 Å². The standard InChI is InChI=1S/C21H21F3N2O2/c1-14-11-17(21(22,23)24)9-10-18(14)25-15(2)19(27)26-20(12-28-13-20)16-7-5-3-4-6-8-16/h3-5,7-11,25H,2,6,12-13H2,1H3,(H,26,27). The SMILES string of the molecule is C=C(Nc1ccc(C(F)(F)F)cc1C)C(=O)NC1(C2=CCC=CC=C2)COC1. The molecule has 0 radical (unpaired) electrons. The molecule has 1 saturated heterocycles. The molecule has 1 amide bonds. The molecule has 1 aliphatic carbocycles. The predicted molar refractivity (Wildman–Crippen MR) is 102 cm³/mol. The topological polar surface area (TPSA) is 50.4 Å². The van der Waals surface area contributed by atoms with Crippen molar-refractivity contribution in [2.45, 2.75) is 25.1 Å². The highest BCUT2D eigenvalue weighted by molar-refractivity contribution is 5.96. The summed E-state index contributed by atoms with van der Waals surface area (Å²) in [5.41, 5.74) is 0.396. The number of ether oxygens (including phenoxy) is 1. The van der Waals surface area contributed by atoms with E-state index in [-0.39, 0.29) is 5.70 Å². The van der Waals surface area contributed by atoms with Gasteiger partial charge in [0, 0.05) is 5.69 Å². The van der Waals surface area contributed by atoms with Gasteiger partial charge in [0.05, 0.1) is 24.5 Å². The first kappa shape index (κ1) is 19.9. The molecule has 2 N–H and O–H groups in total. The summed E-state index contributed by atoms with van der Waals surface area (Å²) in [5, 5.41) is 5.76. The van der Waals surface area contributed by atoms with Crippen molar-refractivity contribution in [1.29, 1.82) is 0 Å². The van der Waals surface area contributed by atoms with Crippen LogP contribution in [-0.4, -0.2) is 24.7 Å². The number of halogens is 3. The Morgan fingerprint density at radius 1 is 1.25 bits per heavy atom. The highest BCUT2D eigenvalue weighted by Crippen LogP contribution is 2.32. The molecular formula is C21H21F3N2O2. The van der Waals surface area contributed by atoms with Gasteiger partial charge in [0.25, 0.3) is 5.91 Å². The van der Waals surface area contributed by atoms with E-state index in [1.165, 1.54) is 13.0 Å². The van der Waals surface area contributed by atoms with Crippen molar-refractivity contribution in [3.05, 3.63) is 77.6 Å². The van der Waals surface area contributed by atoms with Crippen LogP contribution in [0.1, 0.15) is 17.5 Å². The van der Waals surface area contributed by atoms with Crippen molar-refractivity contribution in [1.82, 2.24) is 5.32 Å². The van der Waals surface area contributed by atoms with Crippen LogP contribution in [0.3, 0.4) is 0 Å². The Morgan fingerprint density at radius 3 is 2.61 bits per heavy atom. The van der Waals surface area contributed by atoms with Crippen molar-refractivity contribution in [2.75, 3.05) is 18.5 Å². The Morgan fingerprint density at radius 2 is 2.00 bits per heavy atom. The number of allylic oxidation sites excluding steroid dienone is 4. The second-order valence-corrected chi connectivity index (χ2v) is 6.84. The number of carbonyl (C=O) groups excluding carboxylic acids is 1. The molecule has 28 heavy (non-hydrogen) atoms. The number of nitrogens with one attached hydrogen (secondary N) is 2. The molecule has 0 unspecified atom stereocenters. The van der Waals surface area contributed by atoms with Gasteiger partial charge < -0.3 is 15.4 Å². The predicted octanol–water partition coefficient (Wildman–Crippen LogP) is 4.27. The monoisotopic (exact) mass is 390 g/mol. The third-order valence-corrected chi connectivity index (χ3v) is 4.71. The average Bonchev–Trinajstić information content (AvgIpc) is 2.88. The van der Waals surface area contributed by atoms with Gasteiger partial charge in [0.1, 0.15) is 5.54 Å². The molecule has 0 bridgehead atoms. The van der Waals surface area contributed by atoms with Gasteiger partial charge in [0.15, 0.2) is 0 Å². The van der Waals surface area contributed by atoms with Gasteiger partial charge in [-0.3, -0.25) is 4.79 Å². The summed E-state index contributed by atoms with van der Waals surface area (Å²) >= 11 is 0. The van der Waals surface area contributed by atoms with Crippen molar-refractivity contribution in [3.63, 3.8) is 0 Å². The van der Waals surface area contributed by atoms with Crippen LogP contribution in [0.25, 0.3) is 0 Å². The quantitative estimate of drug-likeness (QED) is 0.739. The third-order valence-electron chi connectivity index (χ3n) is 4.71. The van der Waals surface area contributed by atoms with Crippen LogP contribution in [0.4, 0.5) is 18.9 Å². The van der Waals surface area contributed by atoms with Crippen molar-refractivity contribution < 1.29 is 22.7 Å². The Bertz CT molecular complexity index is 878. The average molecular weight is 390 g/mol. The molecule has 0 spiro atoms. The molecule has 1 fully saturated rings. The number of aryl methyl sites for hydroxylation is 1. The maximum absolute atomic E-state index is 12.8. The molecule has 0 atom stereocenters. The third kappa shape index (κ3) is 4.20. The molecule has 1 aromatic carbocycles. The molecule has 2 aliphatic rings. The van der Waals surface area contributed by atoms with Crippen LogP contribution in [0.2, 0.25) is 0 Å². The normalized spacial score (nSPS) is 17.9. The summed E-state index contributed by atoms with van der Waals surface area (Å²) in [4.78, 5) is 12.6. The highest BCUT2D eigenvalue weighted by Gasteiger charge is 2.43. The van der Waals surface area contributed by atoms with E-state index in [0.717, 1.165) is 24.1 Å². The Labute approximate surface area is 161 Å². The first-order valence-electron chi connectivity index (χ1n) is 8.79. The zero-order valence-electron chi connectivity index (χ0n) is 15.4. The van der Waals surface area contributed by atoms with E-state index in [9.17, 15) is 18.0 Å². The first-order valence-corrected chi connectivity index (χ1v) is 8.79. The minimum absolute atomic E-state index is 0.0467. The molecule has 3 rings (SSSR count). The number of benzene rings is 1. The molecule has 0 saturated carbocycles. The van der Waals surface area contributed by atoms with Crippen LogP contribution >= 0.6 is 0 Å². The summed E-state index contributed by atoms with van der Waals surface area (Å²) in [7, 11) is 0. The summed E-state index contributed by atoms with van der Waals surface area (Å²) in [6.45, 7) is 5.97. The zero-order chi connectivity index (χ0) is 20.4. The zero-order valence-corrected chi connectivity index (χ0v) is 15.4. The molecule has 1 heterocycles.